The monoisotopic (exact) mass is 284 g/mol. The molecule has 1 aliphatic heterocycles. The fraction of sp³-hybridized carbons (Fsp3) is 0.412. The first-order valence-corrected chi connectivity index (χ1v) is 7.48. The molecule has 0 radical (unpaired) electrons. The Balaban J connectivity index is 1.61. The molecule has 1 amide bonds. The number of hydrogen-bond acceptors (Lipinski definition) is 3. The summed E-state index contributed by atoms with van der Waals surface area (Å²) >= 11 is 0. The molecule has 1 aromatic heterocycles. The van der Waals surface area contributed by atoms with Crippen LogP contribution in [0.25, 0.3) is 10.9 Å². The molecule has 2 heterocycles. The summed E-state index contributed by atoms with van der Waals surface area (Å²) in [6, 6.07) is 9.59. The Hall–Kier alpha value is -2.10. The molecule has 0 aliphatic carbocycles. The van der Waals surface area contributed by atoms with Gasteiger partial charge in [0.2, 0.25) is 0 Å². The summed E-state index contributed by atoms with van der Waals surface area (Å²) in [7, 11) is 0. The highest BCUT2D eigenvalue weighted by molar-refractivity contribution is 5.80. The quantitative estimate of drug-likeness (QED) is 0.870. The van der Waals surface area contributed by atoms with Crippen LogP contribution in [0.4, 0.5) is 0 Å². The Kier molecular flexibility index (Phi) is 4.04. The average molecular weight is 284 g/mol. The Labute approximate surface area is 124 Å². The number of aromatic nitrogens is 1. The lowest BCUT2D eigenvalue weighted by atomic mass is 10.0. The smallest absolute Gasteiger partial charge is 0.260 e. The molecular formula is C17H20N2O2. The minimum atomic E-state index is 0.0767. The lowest BCUT2D eigenvalue weighted by Crippen LogP contribution is -2.41. The maximum atomic E-state index is 12.2. The van der Waals surface area contributed by atoms with Gasteiger partial charge in [0.25, 0.3) is 5.91 Å². The molecule has 0 spiro atoms. The zero-order valence-electron chi connectivity index (χ0n) is 12.3. The molecule has 0 bridgehead atoms. The van der Waals surface area contributed by atoms with Gasteiger partial charge in [-0.2, -0.15) is 0 Å². The topological polar surface area (TPSA) is 42.4 Å². The highest BCUT2D eigenvalue weighted by Crippen LogP contribution is 2.19. The molecule has 3 rings (SSSR count). The number of ether oxygens (including phenoxy) is 1. The molecule has 1 aliphatic rings. The normalized spacial score (nSPS) is 18.7. The molecule has 1 saturated heterocycles. The number of nitrogens with zero attached hydrogens (tertiary/aromatic N) is 2. The summed E-state index contributed by atoms with van der Waals surface area (Å²) in [5.74, 6) is 1.39. The SMILES string of the molecule is CC1CCCN(C(=O)COc2ccc3ncccc3c2)C1. The van der Waals surface area contributed by atoms with Gasteiger partial charge in [0.05, 0.1) is 5.52 Å². The van der Waals surface area contributed by atoms with E-state index in [1.165, 1.54) is 6.42 Å². The predicted octanol–water partition coefficient (Wildman–Crippen LogP) is 2.87. The number of piperidine rings is 1. The number of rotatable bonds is 3. The maximum Gasteiger partial charge on any atom is 0.260 e. The number of carbonyl (C=O) groups is 1. The number of benzene rings is 1. The zero-order chi connectivity index (χ0) is 14.7. The van der Waals surface area contributed by atoms with Crippen molar-refractivity contribution in [2.75, 3.05) is 19.7 Å². The molecule has 4 nitrogen and oxygen atoms in total. The van der Waals surface area contributed by atoms with Crippen molar-refractivity contribution in [3.8, 4) is 5.75 Å². The molecule has 1 atom stereocenters. The van der Waals surface area contributed by atoms with Crippen LogP contribution in [0, 0.1) is 5.92 Å². The number of amides is 1. The van der Waals surface area contributed by atoms with E-state index < -0.39 is 0 Å². The summed E-state index contributed by atoms with van der Waals surface area (Å²) in [5, 5.41) is 1.02. The van der Waals surface area contributed by atoms with E-state index in [2.05, 4.69) is 11.9 Å². The van der Waals surface area contributed by atoms with Crippen LogP contribution in [-0.4, -0.2) is 35.5 Å². The number of hydrogen-bond donors (Lipinski definition) is 0. The highest BCUT2D eigenvalue weighted by atomic mass is 16.5. The summed E-state index contributed by atoms with van der Waals surface area (Å²) in [6.45, 7) is 4.01. The zero-order valence-corrected chi connectivity index (χ0v) is 12.3. The van der Waals surface area contributed by atoms with Gasteiger partial charge in [0.1, 0.15) is 5.75 Å². The molecule has 1 aromatic carbocycles. The Morgan fingerprint density at radius 3 is 3.19 bits per heavy atom. The van der Waals surface area contributed by atoms with E-state index in [0.717, 1.165) is 30.4 Å². The second-order valence-electron chi connectivity index (χ2n) is 5.73. The first-order chi connectivity index (χ1) is 10.2. The largest absolute Gasteiger partial charge is 0.484 e. The van der Waals surface area contributed by atoms with Crippen LogP contribution in [0.2, 0.25) is 0 Å². The molecular weight excluding hydrogens is 264 g/mol. The average Bonchev–Trinajstić information content (AvgIpc) is 2.52. The minimum absolute atomic E-state index is 0.0767. The van der Waals surface area contributed by atoms with Crippen LogP contribution < -0.4 is 4.74 Å². The highest BCUT2D eigenvalue weighted by Gasteiger charge is 2.21. The number of fused-ring (bicyclic) bond motifs is 1. The fourth-order valence-electron chi connectivity index (χ4n) is 2.80. The van der Waals surface area contributed by atoms with Gasteiger partial charge in [-0.25, -0.2) is 0 Å². The van der Waals surface area contributed by atoms with Crippen molar-refractivity contribution in [1.29, 1.82) is 0 Å². The molecule has 0 saturated carbocycles. The van der Waals surface area contributed by atoms with E-state index in [0.29, 0.717) is 11.7 Å². The summed E-state index contributed by atoms with van der Waals surface area (Å²) in [6.07, 6.45) is 4.07. The Morgan fingerprint density at radius 2 is 2.33 bits per heavy atom. The maximum absolute atomic E-state index is 12.2. The number of pyridine rings is 1. The summed E-state index contributed by atoms with van der Waals surface area (Å²) in [5.41, 5.74) is 0.932. The van der Waals surface area contributed by atoms with Crippen molar-refractivity contribution in [2.45, 2.75) is 19.8 Å². The number of carbonyl (C=O) groups excluding carboxylic acids is 1. The van der Waals surface area contributed by atoms with Gasteiger partial charge in [-0.1, -0.05) is 13.0 Å². The van der Waals surface area contributed by atoms with Crippen molar-refractivity contribution < 1.29 is 9.53 Å². The second kappa shape index (κ2) is 6.12. The van der Waals surface area contributed by atoms with Crippen LogP contribution in [0.1, 0.15) is 19.8 Å². The lowest BCUT2D eigenvalue weighted by molar-refractivity contribution is -0.135. The van der Waals surface area contributed by atoms with Gasteiger partial charge in [-0.05, 0) is 43.0 Å². The molecule has 4 heteroatoms. The first kappa shape index (κ1) is 13.9. The standard InChI is InChI=1S/C17H20N2O2/c1-13-4-3-9-19(11-13)17(20)12-21-15-6-7-16-14(10-15)5-2-8-18-16/h2,5-8,10,13H,3-4,9,11-12H2,1H3. The van der Waals surface area contributed by atoms with Crippen molar-refractivity contribution in [1.82, 2.24) is 9.88 Å². The van der Waals surface area contributed by atoms with Crippen LogP contribution in [-0.2, 0) is 4.79 Å². The van der Waals surface area contributed by atoms with Crippen molar-refractivity contribution in [2.24, 2.45) is 5.92 Å². The summed E-state index contributed by atoms with van der Waals surface area (Å²) < 4.78 is 5.65. The Bertz CT molecular complexity index is 641. The fourth-order valence-corrected chi connectivity index (χ4v) is 2.80. The van der Waals surface area contributed by atoms with Crippen LogP contribution in [0.3, 0.4) is 0 Å². The van der Waals surface area contributed by atoms with Crippen molar-refractivity contribution in [3.05, 3.63) is 36.5 Å². The summed E-state index contributed by atoms with van der Waals surface area (Å²) in [4.78, 5) is 18.4. The van der Waals surface area contributed by atoms with E-state index in [9.17, 15) is 4.79 Å². The van der Waals surface area contributed by atoms with Gasteiger partial charge in [0.15, 0.2) is 6.61 Å². The van der Waals surface area contributed by atoms with Gasteiger partial charge in [-0.15, -0.1) is 0 Å². The van der Waals surface area contributed by atoms with Gasteiger partial charge in [-0.3, -0.25) is 9.78 Å². The second-order valence-corrected chi connectivity index (χ2v) is 5.73. The molecule has 1 fully saturated rings. The van der Waals surface area contributed by atoms with Crippen LogP contribution in [0.15, 0.2) is 36.5 Å². The van der Waals surface area contributed by atoms with Gasteiger partial charge in [0, 0.05) is 24.7 Å². The van der Waals surface area contributed by atoms with E-state index in [-0.39, 0.29) is 12.5 Å². The van der Waals surface area contributed by atoms with E-state index in [1.54, 1.807) is 6.20 Å². The minimum Gasteiger partial charge on any atom is -0.484 e. The molecule has 110 valence electrons. The molecule has 21 heavy (non-hydrogen) atoms. The third kappa shape index (κ3) is 3.32. The van der Waals surface area contributed by atoms with E-state index in [4.69, 9.17) is 4.74 Å². The van der Waals surface area contributed by atoms with Crippen molar-refractivity contribution in [3.63, 3.8) is 0 Å². The van der Waals surface area contributed by atoms with E-state index in [1.807, 2.05) is 35.2 Å². The molecule has 0 N–H and O–H groups in total. The predicted molar refractivity (Wildman–Crippen MR) is 82.2 cm³/mol. The molecule has 1 unspecified atom stereocenters. The third-order valence-corrected chi connectivity index (χ3v) is 3.95. The molecule has 2 aromatic rings. The lowest BCUT2D eigenvalue weighted by Gasteiger charge is -2.30. The van der Waals surface area contributed by atoms with Crippen LogP contribution in [0.5, 0.6) is 5.75 Å². The van der Waals surface area contributed by atoms with E-state index >= 15 is 0 Å². The van der Waals surface area contributed by atoms with Crippen molar-refractivity contribution >= 4 is 16.8 Å². The third-order valence-electron chi connectivity index (χ3n) is 3.95. The Morgan fingerprint density at radius 1 is 1.43 bits per heavy atom. The van der Waals surface area contributed by atoms with Crippen LogP contribution >= 0.6 is 0 Å². The van der Waals surface area contributed by atoms with Gasteiger partial charge < -0.3 is 9.64 Å². The first-order valence-electron chi connectivity index (χ1n) is 7.48. The number of likely N-dealkylation sites (tertiary alicyclic amines) is 1. The van der Waals surface area contributed by atoms with Gasteiger partial charge >= 0.3 is 0 Å².